The molecule has 0 saturated heterocycles. The van der Waals surface area contributed by atoms with Gasteiger partial charge in [-0.25, -0.2) is 0 Å². The Balaban J connectivity index is 1.83. The molecule has 0 aromatic heterocycles. The molecule has 1 N–H and O–H groups in total. The Morgan fingerprint density at radius 1 is 0.852 bits per heavy atom. The summed E-state index contributed by atoms with van der Waals surface area (Å²) in [6.07, 6.45) is 0.0962. The largest absolute Gasteiger partial charge is 0.338 e. The predicted octanol–water partition coefficient (Wildman–Crippen LogP) is 5.25. The van der Waals surface area contributed by atoms with Crippen molar-refractivity contribution in [1.29, 1.82) is 0 Å². The molecule has 0 radical (unpaired) electrons. The van der Waals surface area contributed by atoms with Gasteiger partial charge in [0.1, 0.15) is 0 Å². The molecule has 1 unspecified atom stereocenters. The van der Waals surface area contributed by atoms with E-state index in [4.69, 9.17) is 23.2 Å². The Hall–Kier alpha value is -2.62. The Labute approximate surface area is 166 Å². The second kappa shape index (κ2) is 6.84. The second-order valence-corrected chi connectivity index (χ2v) is 7.39. The van der Waals surface area contributed by atoms with E-state index in [1.54, 1.807) is 42.5 Å². The zero-order valence-electron chi connectivity index (χ0n) is 14.2. The van der Waals surface area contributed by atoms with E-state index in [0.29, 0.717) is 21.2 Å². The summed E-state index contributed by atoms with van der Waals surface area (Å²) in [6, 6.07) is 21.3. The molecule has 4 rings (SSSR count). The van der Waals surface area contributed by atoms with Crippen molar-refractivity contribution in [3.05, 3.63) is 105 Å². The summed E-state index contributed by atoms with van der Waals surface area (Å²) in [6.45, 7) is 0. The third kappa shape index (κ3) is 3.14. The highest BCUT2D eigenvalue weighted by atomic mass is 35.5. The van der Waals surface area contributed by atoms with Gasteiger partial charge in [-0.15, -0.1) is 0 Å². The van der Waals surface area contributed by atoms with Crippen LogP contribution in [0.15, 0.2) is 72.8 Å². The summed E-state index contributed by atoms with van der Waals surface area (Å²) in [5.41, 5.74) is 1.80. The van der Waals surface area contributed by atoms with E-state index in [-0.39, 0.29) is 18.1 Å². The van der Waals surface area contributed by atoms with E-state index < -0.39 is 5.54 Å². The summed E-state index contributed by atoms with van der Waals surface area (Å²) in [7, 11) is 0. The van der Waals surface area contributed by atoms with Crippen LogP contribution in [0.1, 0.15) is 38.3 Å². The Morgan fingerprint density at radius 2 is 1.44 bits per heavy atom. The number of halogens is 2. The van der Waals surface area contributed by atoms with E-state index >= 15 is 0 Å². The molecule has 3 aromatic rings. The number of ketones is 1. The lowest BCUT2D eigenvalue weighted by Gasteiger charge is -2.31. The van der Waals surface area contributed by atoms with Crippen molar-refractivity contribution >= 4 is 34.9 Å². The molecule has 0 saturated carbocycles. The lowest BCUT2D eigenvalue weighted by atomic mass is 9.79. The summed E-state index contributed by atoms with van der Waals surface area (Å²) >= 11 is 12.0. The number of nitrogens with one attached hydrogen (secondary N) is 1. The first kappa shape index (κ1) is 17.8. The van der Waals surface area contributed by atoms with Crippen LogP contribution in [0.2, 0.25) is 10.0 Å². The minimum Gasteiger partial charge on any atom is -0.338 e. The highest BCUT2D eigenvalue weighted by Crippen LogP contribution is 2.41. The lowest BCUT2D eigenvalue weighted by molar-refractivity contribution is 0.0904. The van der Waals surface area contributed by atoms with Gasteiger partial charge in [0.2, 0.25) is 0 Å². The third-order valence-corrected chi connectivity index (χ3v) is 5.39. The number of hydrogen-bond acceptors (Lipinski definition) is 2. The summed E-state index contributed by atoms with van der Waals surface area (Å²) < 4.78 is 0. The number of benzene rings is 3. The van der Waals surface area contributed by atoms with Gasteiger partial charge in [-0.2, -0.15) is 0 Å². The molecule has 1 atom stereocenters. The molecule has 1 aliphatic rings. The van der Waals surface area contributed by atoms with Crippen LogP contribution in [0.5, 0.6) is 0 Å². The standard InChI is InChI=1S/C22H15Cl2NO2/c23-16-9-5-14(6-10-16)20(26)13-22(15-7-11-17(24)12-8-15)19-4-2-1-3-18(19)21(27)25-22/h1-12H,13H2,(H,25,27). The van der Waals surface area contributed by atoms with Gasteiger partial charge in [-0.05, 0) is 53.6 Å². The molecule has 1 heterocycles. The van der Waals surface area contributed by atoms with E-state index in [9.17, 15) is 9.59 Å². The quantitative estimate of drug-likeness (QED) is 0.612. The van der Waals surface area contributed by atoms with Crippen LogP contribution >= 0.6 is 23.2 Å². The van der Waals surface area contributed by atoms with Crippen molar-refractivity contribution in [3.8, 4) is 0 Å². The molecule has 1 aliphatic heterocycles. The molecule has 1 amide bonds. The van der Waals surface area contributed by atoms with Gasteiger partial charge in [-0.1, -0.05) is 53.5 Å². The minimum atomic E-state index is -0.936. The number of carbonyl (C=O) groups is 2. The van der Waals surface area contributed by atoms with Gasteiger partial charge >= 0.3 is 0 Å². The number of carbonyl (C=O) groups excluding carboxylic acids is 2. The fraction of sp³-hybridized carbons (Fsp3) is 0.0909. The van der Waals surface area contributed by atoms with Crippen molar-refractivity contribution in [1.82, 2.24) is 5.32 Å². The first-order chi connectivity index (χ1) is 13.0. The number of Topliss-reactive ketones (excluding diaryl/α,β-unsaturated/α-hetero) is 1. The monoisotopic (exact) mass is 395 g/mol. The first-order valence-corrected chi connectivity index (χ1v) is 9.22. The van der Waals surface area contributed by atoms with Crippen LogP contribution in [0.4, 0.5) is 0 Å². The Kier molecular flexibility index (Phi) is 4.50. The molecule has 5 heteroatoms. The van der Waals surface area contributed by atoms with Gasteiger partial charge in [0, 0.05) is 27.6 Å². The molecular weight excluding hydrogens is 381 g/mol. The fourth-order valence-electron chi connectivity index (χ4n) is 3.56. The lowest BCUT2D eigenvalue weighted by Crippen LogP contribution is -2.42. The highest BCUT2D eigenvalue weighted by molar-refractivity contribution is 6.31. The van der Waals surface area contributed by atoms with E-state index in [1.165, 1.54) is 0 Å². The average Bonchev–Trinajstić information content (AvgIpc) is 2.96. The van der Waals surface area contributed by atoms with Crippen molar-refractivity contribution in [2.45, 2.75) is 12.0 Å². The minimum absolute atomic E-state index is 0.0846. The zero-order chi connectivity index (χ0) is 19.0. The predicted molar refractivity (Wildman–Crippen MR) is 107 cm³/mol. The second-order valence-electron chi connectivity index (χ2n) is 6.52. The van der Waals surface area contributed by atoms with Gasteiger partial charge in [0.05, 0.1) is 5.54 Å². The fourth-order valence-corrected chi connectivity index (χ4v) is 3.82. The van der Waals surface area contributed by atoms with E-state index in [1.807, 2.05) is 30.3 Å². The van der Waals surface area contributed by atoms with Gasteiger partial charge in [0.25, 0.3) is 5.91 Å². The molecule has 134 valence electrons. The number of hydrogen-bond donors (Lipinski definition) is 1. The molecule has 0 fully saturated rings. The maximum Gasteiger partial charge on any atom is 0.252 e. The molecule has 3 aromatic carbocycles. The molecule has 0 aliphatic carbocycles. The van der Waals surface area contributed by atoms with Crippen LogP contribution in [0.3, 0.4) is 0 Å². The third-order valence-electron chi connectivity index (χ3n) is 4.89. The smallest absolute Gasteiger partial charge is 0.252 e. The van der Waals surface area contributed by atoms with Gasteiger partial charge in [-0.3, -0.25) is 9.59 Å². The molecule has 27 heavy (non-hydrogen) atoms. The summed E-state index contributed by atoms with van der Waals surface area (Å²) in [5, 5.41) is 4.21. The average molecular weight is 396 g/mol. The van der Waals surface area contributed by atoms with Crippen LogP contribution in [0.25, 0.3) is 0 Å². The van der Waals surface area contributed by atoms with Crippen molar-refractivity contribution < 1.29 is 9.59 Å². The van der Waals surface area contributed by atoms with Crippen molar-refractivity contribution in [3.63, 3.8) is 0 Å². The Morgan fingerprint density at radius 3 is 2.11 bits per heavy atom. The molecule has 0 bridgehead atoms. The van der Waals surface area contributed by atoms with Crippen LogP contribution in [0, 0.1) is 0 Å². The van der Waals surface area contributed by atoms with Crippen LogP contribution in [-0.4, -0.2) is 11.7 Å². The number of fused-ring (bicyclic) bond motifs is 1. The Bertz CT molecular complexity index is 1030. The van der Waals surface area contributed by atoms with Gasteiger partial charge in [0.15, 0.2) is 5.78 Å². The molecular formula is C22H15Cl2NO2. The number of amides is 1. The normalized spacial score (nSPS) is 18.1. The van der Waals surface area contributed by atoms with Gasteiger partial charge < -0.3 is 5.32 Å². The summed E-state index contributed by atoms with van der Waals surface area (Å²) in [5.74, 6) is -0.275. The highest BCUT2D eigenvalue weighted by Gasteiger charge is 2.45. The van der Waals surface area contributed by atoms with Crippen LogP contribution < -0.4 is 5.32 Å². The maximum atomic E-state index is 13.1. The molecule has 0 spiro atoms. The van der Waals surface area contributed by atoms with E-state index in [2.05, 4.69) is 5.32 Å². The zero-order valence-corrected chi connectivity index (χ0v) is 15.7. The van der Waals surface area contributed by atoms with Crippen molar-refractivity contribution in [2.75, 3.05) is 0 Å². The SMILES string of the molecule is O=C(CC1(c2ccc(Cl)cc2)NC(=O)c2ccccc21)c1ccc(Cl)cc1. The first-order valence-electron chi connectivity index (χ1n) is 8.46. The topological polar surface area (TPSA) is 46.2 Å². The maximum absolute atomic E-state index is 13.1. The van der Waals surface area contributed by atoms with E-state index in [0.717, 1.165) is 11.1 Å². The molecule has 3 nitrogen and oxygen atoms in total. The van der Waals surface area contributed by atoms with Crippen LogP contribution in [-0.2, 0) is 5.54 Å². The number of rotatable bonds is 4. The summed E-state index contributed by atoms with van der Waals surface area (Å²) in [4.78, 5) is 25.7. The van der Waals surface area contributed by atoms with Crippen molar-refractivity contribution in [2.24, 2.45) is 0 Å².